The lowest BCUT2D eigenvalue weighted by Gasteiger charge is -2.03. The van der Waals surface area contributed by atoms with Crippen LogP contribution < -0.4 is 11.0 Å². The van der Waals surface area contributed by atoms with Crippen molar-refractivity contribution < 1.29 is 15.2 Å². The lowest BCUT2D eigenvalue weighted by atomic mass is 10.3. The molecule has 48 valence electrons. The summed E-state index contributed by atoms with van der Waals surface area (Å²) < 4.78 is 0. The number of nitrogens with one attached hydrogen (secondary N) is 2. The van der Waals surface area contributed by atoms with Crippen LogP contribution in [0.4, 0.5) is 0 Å². The van der Waals surface area contributed by atoms with Crippen molar-refractivity contribution in [2.45, 2.75) is 13.0 Å². The van der Waals surface area contributed by atoms with Crippen molar-refractivity contribution in [3.05, 3.63) is 0 Å². The molecule has 0 spiro atoms. The van der Waals surface area contributed by atoms with E-state index in [4.69, 9.17) is 10.4 Å². The Labute approximate surface area is 46.2 Å². The Morgan fingerprint density at radius 1 is 1.62 bits per heavy atom. The average Bonchev–Trinajstić information content (AvgIpc) is 1.84. The zero-order valence-electron chi connectivity index (χ0n) is 4.38. The van der Waals surface area contributed by atoms with Crippen LogP contribution in [-0.4, -0.2) is 22.4 Å². The van der Waals surface area contributed by atoms with E-state index in [1.807, 2.05) is 0 Å². The quantitative estimate of drug-likeness (QED) is 0.274. The molecule has 0 aromatic heterocycles. The number of hydrogen-bond acceptors (Lipinski definition) is 4. The molecule has 0 aliphatic carbocycles. The molecule has 0 aromatic carbocycles. The molecule has 1 atom stereocenters. The summed E-state index contributed by atoms with van der Waals surface area (Å²) in [6.07, 6.45) is 0. The number of amides is 1. The molecule has 0 bridgehead atoms. The van der Waals surface area contributed by atoms with Gasteiger partial charge in [-0.1, -0.05) is 0 Å². The highest BCUT2D eigenvalue weighted by atomic mass is 16.5. The Kier molecular flexibility index (Phi) is 3.09. The van der Waals surface area contributed by atoms with E-state index in [2.05, 4.69) is 0 Å². The van der Waals surface area contributed by atoms with Gasteiger partial charge in [0.2, 0.25) is 0 Å². The van der Waals surface area contributed by atoms with E-state index < -0.39 is 11.9 Å². The first-order chi connectivity index (χ1) is 3.72. The normalized spacial score (nSPS) is 12.9. The number of rotatable bonds is 2. The van der Waals surface area contributed by atoms with Crippen LogP contribution in [0.3, 0.4) is 0 Å². The number of carbonyl (C=O) groups excluding carboxylic acids is 1. The minimum atomic E-state index is -0.778. The second-order valence-corrected chi connectivity index (χ2v) is 1.33. The van der Waals surface area contributed by atoms with Crippen molar-refractivity contribution in [2.75, 3.05) is 0 Å². The molecule has 5 heteroatoms. The summed E-state index contributed by atoms with van der Waals surface area (Å²) in [6, 6.07) is -0.778. The Morgan fingerprint density at radius 2 is 2.12 bits per heavy atom. The van der Waals surface area contributed by atoms with Crippen molar-refractivity contribution in [3.8, 4) is 0 Å². The maximum Gasteiger partial charge on any atom is 0.262 e. The fourth-order valence-electron chi connectivity index (χ4n) is 0.155. The van der Waals surface area contributed by atoms with Crippen LogP contribution >= 0.6 is 0 Å². The second-order valence-electron chi connectivity index (χ2n) is 1.33. The second kappa shape index (κ2) is 3.36. The zero-order chi connectivity index (χ0) is 6.57. The standard InChI is InChI=1S/C3H8N2O3/c1-2(4-7)3(6)5-8/h2,4,7-8H,1H3,(H,5,6). The molecule has 0 aromatic rings. The number of hydroxylamine groups is 2. The van der Waals surface area contributed by atoms with E-state index in [1.165, 1.54) is 12.4 Å². The van der Waals surface area contributed by atoms with E-state index in [1.54, 1.807) is 5.48 Å². The van der Waals surface area contributed by atoms with Crippen LogP contribution in [-0.2, 0) is 4.79 Å². The first-order valence-electron chi connectivity index (χ1n) is 2.06. The molecule has 0 aliphatic heterocycles. The van der Waals surface area contributed by atoms with E-state index in [-0.39, 0.29) is 0 Å². The van der Waals surface area contributed by atoms with Gasteiger partial charge in [-0.25, -0.2) is 5.48 Å². The van der Waals surface area contributed by atoms with Gasteiger partial charge in [-0.2, -0.15) is 5.48 Å². The minimum Gasteiger partial charge on any atom is -0.316 e. The predicted octanol–water partition coefficient (Wildman–Crippen LogP) is -1.14. The van der Waals surface area contributed by atoms with Gasteiger partial charge in [0.25, 0.3) is 5.91 Å². The zero-order valence-corrected chi connectivity index (χ0v) is 4.38. The summed E-state index contributed by atoms with van der Waals surface area (Å²) in [5, 5.41) is 15.9. The average molecular weight is 120 g/mol. The first-order valence-corrected chi connectivity index (χ1v) is 2.06. The first kappa shape index (κ1) is 7.35. The van der Waals surface area contributed by atoms with Crippen LogP contribution in [0, 0.1) is 0 Å². The molecule has 0 fully saturated rings. The highest BCUT2D eigenvalue weighted by Crippen LogP contribution is 1.74. The van der Waals surface area contributed by atoms with Gasteiger partial charge in [-0.05, 0) is 6.92 Å². The fourth-order valence-corrected chi connectivity index (χ4v) is 0.155. The minimum absolute atomic E-state index is 0.674. The van der Waals surface area contributed by atoms with E-state index >= 15 is 0 Å². The van der Waals surface area contributed by atoms with Gasteiger partial charge in [0, 0.05) is 0 Å². The molecular formula is C3H8N2O3. The van der Waals surface area contributed by atoms with Gasteiger partial charge in [-0.15, -0.1) is 0 Å². The Morgan fingerprint density at radius 3 is 2.25 bits per heavy atom. The molecule has 4 N–H and O–H groups in total. The lowest BCUT2D eigenvalue weighted by Crippen LogP contribution is -2.39. The van der Waals surface area contributed by atoms with Gasteiger partial charge in [0.05, 0.1) is 0 Å². The topological polar surface area (TPSA) is 81.6 Å². The Bertz CT molecular complexity index is 84.6. The van der Waals surface area contributed by atoms with E-state index in [0.29, 0.717) is 0 Å². The monoisotopic (exact) mass is 120 g/mol. The highest BCUT2D eigenvalue weighted by molar-refractivity contribution is 5.79. The maximum absolute atomic E-state index is 10.2. The third-order valence-corrected chi connectivity index (χ3v) is 0.697. The number of hydrogen-bond donors (Lipinski definition) is 4. The van der Waals surface area contributed by atoms with Gasteiger partial charge in [0.15, 0.2) is 0 Å². The van der Waals surface area contributed by atoms with Gasteiger partial charge in [0.1, 0.15) is 6.04 Å². The van der Waals surface area contributed by atoms with Crippen molar-refractivity contribution in [1.29, 1.82) is 0 Å². The Hall–Kier alpha value is -0.650. The maximum atomic E-state index is 10.2. The summed E-state index contributed by atoms with van der Waals surface area (Å²) in [4.78, 5) is 10.2. The summed E-state index contributed by atoms with van der Waals surface area (Å²) in [7, 11) is 0. The lowest BCUT2D eigenvalue weighted by molar-refractivity contribution is -0.133. The molecule has 0 saturated heterocycles. The molecule has 1 unspecified atom stereocenters. The van der Waals surface area contributed by atoms with Crippen molar-refractivity contribution in [1.82, 2.24) is 11.0 Å². The predicted molar refractivity (Wildman–Crippen MR) is 24.3 cm³/mol. The van der Waals surface area contributed by atoms with Crippen LogP contribution in [0.2, 0.25) is 0 Å². The Balaban J connectivity index is 3.46. The van der Waals surface area contributed by atoms with Gasteiger partial charge in [-0.3, -0.25) is 10.0 Å². The van der Waals surface area contributed by atoms with Gasteiger partial charge >= 0.3 is 0 Å². The van der Waals surface area contributed by atoms with E-state index in [9.17, 15) is 4.79 Å². The molecule has 0 heterocycles. The van der Waals surface area contributed by atoms with Crippen molar-refractivity contribution in [3.63, 3.8) is 0 Å². The van der Waals surface area contributed by atoms with Crippen LogP contribution in [0.15, 0.2) is 0 Å². The van der Waals surface area contributed by atoms with Crippen LogP contribution in [0.5, 0.6) is 0 Å². The molecule has 0 radical (unpaired) electrons. The molecule has 0 rings (SSSR count). The largest absolute Gasteiger partial charge is 0.316 e. The molecule has 5 nitrogen and oxygen atoms in total. The van der Waals surface area contributed by atoms with E-state index in [0.717, 1.165) is 0 Å². The highest BCUT2D eigenvalue weighted by Gasteiger charge is 2.07. The fraction of sp³-hybridized carbons (Fsp3) is 0.667. The molecule has 0 saturated carbocycles. The molecule has 8 heavy (non-hydrogen) atoms. The summed E-state index contributed by atoms with van der Waals surface area (Å²) in [5.41, 5.74) is 3.00. The summed E-state index contributed by atoms with van der Waals surface area (Å²) in [5.74, 6) is -0.674. The van der Waals surface area contributed by atoms with Crippen LogP contribution in [0.25, 0.3) is 0 Å². The SMILES string of the molecule is CC(NO)C(=O)NO. The summed E-state index contributed by atoms with van der Waals surface area (Å²) in [6.45, 7) is 1.39. The molecular weight excluding hydrogens is 112 g/mol. The number of carbonyl (C=O) groups is 1. The third-order valence-electron chi connectivity index (χ3n) is 0.697. The summed E-state index contributed by atoms with van der Waals surface area (Å²) >= 11 is 0. The van der Waals surface area contributed by atoms with Crippen molar-refractivity contribution >= 4 is 5.91 Å². The van der Waals surface area contributed by atoms with Crippen molar-refractivity contribution in [2.24, 2.45) is 0 Å². The molecule has 0 aliphatic rings. The van der Waals surface area contributed by atoms with Gasteiger partial charge < -0.3 is 5.21 Å². The smallest absolute Gasteiger partial charge is 0.262 e. The van der Waals surface area contributed by atoms with Crippen LogP contribution in [0.1, 0.15) is 6.92 Å². The third kappa shape index (κ3) is 1.87. The molecule has 1 amide bonds.